The van der Waals surface area contributed by atoms with Gasteiger partial charge in [0.25, 0.3) is 0 Å². The minimum atomic E-state index is -0.713. The topological polar surface area (TPSA) is 73.8 Å². The smallest absolute Gasteiger partial charge is 0.205 e. The highest BCUT2D eigenvalue weighted by Gasteiger charge is 2.32. The van der Waals surface area contributed by atoms with Crippen molar-refractivity contribution in [2.75, 3.05) is 13.9 Å². The van der Waals surface area contributed by atoms with Gasteiger partial charge in [-0.1, -0.05) is 57.5 Å². The number of rotatable bonds is 11. The van der Waals surface area contributed by atoms with Crippen molar-refractivity contribution in [3.8, 4) is 17.2 Å². The van der Waals surface area contributed by atoms with Crippen LogP contribution in [0.15, 0.2) is 40.9 Å². The number of methoxy groups -OCH3 is 1. The summed E-state index contributed by atoms with van der Waals surface area (Å²) in [5.41, 5.74) is 8.15. The van der Waals surface area contributed by atoms with Crippen molar-refractivity contribution in [3.05, 3.63) is 85.4 Å². The Bertz CT molecular complexity index is 1530. The molecule has 0 N–H and O–H groups in total. The second kappa shape index (κ2) is 14.5. The zero-order chi connectivity index (χ0) is 35.8. The molecule has 8 nitrogen and oxygen atoms in total. The lowest BCUT2D eigenvalue weighted by atomic mass is 9.84. The molecule has 0 amide bonds. The molecule has 268 valence electrons. The summed E-state index contributed by atoms with van der Waals surface area (Å²) in [5.74, 6) is 0.918. The third-order valence-corrected chi connectivity index (χ3v) is 9.08. The summed E-state index contributed by atoms with van der Waals surface area (Å²) >= 11 is 3.71. The predicted octanol–water partition coefficient (Wildman–Crippen LogP) is 9.75. The fourth-order valence-electron chi connectivity index (χ4n) is 5.89. The average molecular weight is 742 g/mol. The summed E-state index contributed by atoms with van der Waals surface area (Å²) in [6.07, 6.45) is 0. The van der Waals surface area contributed by atoms with Crippen LogP contribution in [0.1, 0.15) is 114 Å². The minimum absolute atomic E-state index is 0.0411. The van der Waals surface area contributed by atoms with Gasteiger partial charge in [0.15, 0.2) is 6.79 Å². The molecule has 3 aromatic carbocycles. The molecule has 49 heavy (non-hydrogen) atoms. The Labute approximate surface area is 300 Å². The number of benzene rings is 3. The van der Waals surface area contributed by atoms with Gasteiger partial charge >= 0.3 is 0 Å². The largest absolute Gasteiger partial charge is 0.467 e. The van der Waals surface area contributed by atoms with E-state index in [0.717, 1.165) is 49.4 Å². The van der Waals surface area contributed by atoms with E-state index in [1.54, 1.807) is 7.11 Å². The van der Waals surface area contributed by atoms with E-state index in [4.69, 9.17) is 37.9 Å². The van der Waals surface area contributed by atoms with Gasteiger partial charge in [0.2, 0.25) is 11.6 Å². The van der Waals surface area contributed by atoms with Crippen LogP contribution in [0.5, 0.6) is 17.2 Å². The normalized spacial score (nSPS) is 16.7. The van der Waals surface area contributed by atoms with E-state index in [1.807, 2.05) is 39.8 Å². The zero-order valence-electron chi connectivity index (χ0n) is 31.1. The Morgan fingerprint density at radius 2 is 1.04 bits per heavy atom. The Balaban J connectivity index is 1.37. The van der Waals surface area contributed by atoms with E-state index in [-0.39, 0.29) is 17.6 Å². The van der Waals surface area contributed by atoms with Gasteiger partial charge in [-0.25, -0.2) is 0 Å². The Kier molecular flexibility index (Phi) is 11.1. The molecule has 0 aromatic heterocycles. The standard InChI is InChI=1S/C40H53BrO8/c1-37(2,3)31-12-25(35-27(14-31)22-46-39(7,8)48-35)18-43-20-29-16-33(41)17-30(34(29)45-24-42-11)21-44-19-26-13-32(38(4,5)6)15-28-23-47-40(9,10)49-36(26)28/h12-17H,18-24H2,1-11H3. The summed E-state index contributed by atoms with van der Waals surface area (Å²) in [6, 6.07) is 12.8. The quantitative estimate of drug-likeness (QED) is 0.180. The fourth-order valence-corrected chi connectivity index (χ4v) is 6.44. The average Bonchev–Trinajstić information content (AvgIpc) is 2.99. The Morgan fingerprint density at radius 1 is 0.633 bits per heavy atom. The molecule has 0 saturated carbocycles. The minimum Gasteiger partial charge on any atom is -0.467 e. The van der Waals surface area contributed by atoms with Crippen molar-refractivity contribution in [2.45, 2.75) is 131 Å². The molecule has 0 bridgehead atoms. The van der Waals surface area contributed by atoms with Crippen molar-refractivity contribution in [1.82, 2.24) is 0 Å². The predicted molar refractivity (Wildman–Crippen MR) is 193 cm³/mol. The lowest BCUT2D eigenvalue weighted by Gasteiger charge is -2.35. The first-order valence-electron chi connectivity index (χ1n) is 16.9. The molecule has 0 unspecified atom stereocenters. The van der Waals surface area contributed by atoms with Crippen LogP contribution in [0, 0.1) is 0 Å². The molecule has 5 rings (SSSR count). The molecule has 3 aromatic rings. The number of ether oxygens (including phenoxy) is 8. The van der Waals surface area contributed by atoms with Crippen LogP contribution < -0.4 is 14.2 Å². The highest BCUT2D eigenvalue weighted by Crippen LogP contribution is 2.41. The highest BCUT2D eigenvalue weighted by molar-refractivity contribution is 9.10. The third kappa shape index (κ3) is 9.37. The van der Waals surface area contributed by atoms with E-state index < -0.39 is 11.6 Å². The molecular weight excluding hydrogens is 688 g/mol. The molecule has 0 spiro atoms. The van der Waals surface area contributed by atoms with Crippen molar-refractivity contribution in [3.63, 3.8) is 0 Å². The zero-order valence-corrected chi connectivity index (χ0v) is 32.6. The first kappa shape index (κ1) is 37.6. The number of hydrogen-bond acceptors (Lipinski definition) is 8. The monoisotopic (exact) mass is 740 g/mol. The Morgan fingerprint density at radius 3 is 1.43 bits per heavy atom. The molecular formula is C40H53BrO8. The van der Waals surface area contributed by atoms with Crippen LogP contribution >= 0.6 is 15.9 Å². The second-order valence-corrected chi connectivity index (χ2v) is 16.8. The molecule has 0 radical (unpaired) electrons. The molecule has 2 heterocycles. The van der Waals surface area contributed by atoms with Gasteiger partial charge in [0.1, 0.15) is 17.2 Å². The molecule has 0 aliphatic carbocycles. The van der Waals surface area contributed by atoms with Crippen LogP contribution in [0.25, 0.3) is 0 Å². The number of fused-ring (bicyclic) bond motifs is 2. The third-order valence-electron chi connectivity index (χ3n) is 8.62. The molecule has 0 atom stereocenters. The van der Waals surface area contributed by atoms with Crippen molar-refractivity contribution < 1.29 is 37.9 Å². The maximum absolute atomic E-state index is 6.41. The first-order chi connectivity index (χ1) is 22.8. The lowest BCUT2D eigenvalue weighted by Crippen LogP contribution is -2.36. The van der Waals surface area contributed by atoms with Gasteiger partial charge in [0.05, 0.1) is 39.6 Å². The van der Waals surface area contributed by atoms with Crippen LogP contribution in [0.3, 0.4) is 0 Å². The summed E-state index contributed by atoms with van der Waals surface area (Å²) < 4.78 is 49.7. The molecule has 9 heteroatoms. The van der Waals surface area contributed by atoms with Gasteiger partial charge < -0.3 is 37.9 Å². The van der Waals surface area contributed by atoms with Gasteiger partial charge in [-0.3, -0.25) is 0 Å². The molecule has 0 saturated heterocycles. The van der Waals surface area contributed by atoms with Gasteiger partial charge in [0, 0.05) is 72.7 Å². The maximum Gasteiger partial charge on any atom is 0.205 e. The van der Waals surface area contributed by atoms with Gasteiger partial charge in [-0.05, 0) is 58.4 Å². The van der Waals surface area contributed by atoms with Crippen LogP contribution in [0.4, 0.5) is 0 Å². The number of halogens is 1. The summed E-state index contributed by atoms with van der Waals surface area (Å²) in [6.45, 7) is 23.4. The summed E-state index contributed by atoms with van der Waals surface area (Å²) in [5, 5.41) is 0. The van der Waals surface area contributed by atoms with E-state index in [0.29, 0.717) is 45.4 Å². The van der Waals surface area contributed by atoms with E-state index in [1.165, 1.54) is 11.1 Å². The van der Waals surface area contributed by atoms with Crippen molar-refractivity contribution in [2.24, 2.45) is 0 Å². The van der Waals surface area contributed by atoms with Crippen molar-refractivity contribution in [1.29, 1.82) is 0 Å². The second-order valence-electron chi connectivity index (χ2n) is 15.9. The van der Waals surface area contributed by atoms with Gasteiger partial charge in [-0.2, -0.15) is 0 Å². The lowest BCUT2D eigenvalue weighted by molar-refractivity contribution is -0.181. The van der Waals surface area contributed by atoms with Crippen LogP contribution in [0.2, 0.25) is 0 Å². The van der Waals surface area contributed by atoms with E-state index >= 15 is 0 Å². The highest BCUT2D eigenvalue weighted by atomic mass is 79.9. The molecule has 2 aliphatic heterocycles. The van der Waals surface area contributed by atoms with Gasteiger partial charge in [-0.15, -0.1) is 0 Å². The Hall–Kier alpha value is -2.66. The van der Waals surface area contributed by atoms with Crippen molar-refractivity contribution >= 4 is 15.9 Å². The molecule has 0 fully saturated rings. The van der Waals surface area contributed by atoms with E-state index in [2.05, 4.69) is 81.7 Å². The SMILES string of the molecule is COCOc1c(COCc2cc(C(C)(C)C)cc3c2OC(C)(C)OC3)cc(Br)cc1COCc1cc(C(C)(C)C)cc2c1OC(C)(C)OC2. The number of hydrogen-bond donors (Lipinski definition) is 0. The summed E-state index contributed by atoms with van der Waals surface area (Å²) in [7, 11) is 1.61. The van der Waals surface area contributed by atoms with Crippen LogP contribution in [-0.4, -0.2) is 25.5 Å². The van der Waals surface area contributed by atoms with E-state index in [9.17, 15) is 0 Å². The van der Waals surface area contributed by atoms with Crippen LogP contribution in [-0.2, 0) is 74.2 Å². The first-order valence-corrected chi connectivity index (χ1v) is 17.7. The molecule has 2 aliphatic rings. The summed E-state index contributed by atoms with van der Waals surface area (Å²) in [4.78, 5) is 0. The fraction of sp³-hybridized carbons (Fsp3) is 0.550. The maximum atomic E-state index is 6.41.